The molecule has 0 aliphatic rings. The van der Waals surface area contributed by atoms with Crippen LogP contribution in [0.5, 0.6) is 0 Å². The molecule has 1 heterocycles. The Kier molecular flexibility index (Phi) is 4.44. The molecule has 0 bridgehead atoms. The van der Waals surface area contributed by atoms with E-state index in [1.54, 1.807) is 0 Å². The Labute approximate surface area is 116 Å². The molecule has 1 aromatic heterocycles. The van der Waals surface area contributed by atoms with Gasteiger partial charge in [0.15, 0.2) is 11.6 Å². The predicted molar refractivity (Wildman–Crippen MR) is 72.7 cm³/mol. The van der Waals surface area contributed by atoms with Gasteiger partial charge in [-0.1, -0.05) is 25.1 Å². The number of rotatable bonds is 5. The zero-order valence-electron chi connectivity index (χ0n) is 11.8. The van der Waals surface area contributed by atoms with Gasteiger partial charge < -0.3 is 5.32 Å². The molecular formula is C14H18F2N4. The second-order valence-electron chi connectivity index (χ2n) is 4.51. The van der Waals surface area contributed by atoms with Crippen molar-refractivity contribution in [3.05, 3.63) is 41.2 Å². The minimum Gasteiger partial charge on any atom is -0.312 e. The van der Waals surface area contributed by atoms with E-state index in [2.05, 4.69) is 15.6 Å². The van der Waals surface area contributed by atoms with Crippen molar-refractivity contribution in [1.82, 2.24) is 20.3 Å². The van der Waals surface area contributed by atoms with Crippen molar-refractivity contribution in [2.75, 3.05) is 7.05 Å². The molecule has 20 heavy (non-hydrogen) atoms. The van der Waals surface area contributed by atoms with E-state index in [-0.39, 0.29) is 11.7 Å². The largest absolute Gasteiger partial charge is 0.312 e. The molecule has 2 aromatic rings. The van der Waals surface area contributed by atoms with E-state index in [1.807, 2.05) is 20.9 Å². The first-order chi connectivity index (χ1) is 9.63. The second kappa shape index (κ2) is 6.09. The Morgan fingerprint density at radius 1 is 1.30 bits per heavy atom. The summed E-state index contributed by atoms with van der Waals surface area (Å²) >= 11 is 0. The molecule has 1 unspecified atom stereocenters. The Balaban J connectivity index is 2.56. The fourth-order valence-corrected chi connectivity index (χ4v) is 2.30. The summed E-state index contributed by atoms with van der Waals surface area (Å²) in [5.41, 5.74) is 1.66. The summed E-state index contributed by atoms with van der Waals surface area (Å²) in [6, 6.07) is 4.10. The molecule has 0 aliphatic heterocycles. The summed E-state index contributed by atoms with van der Waals surface area (Å²) in [5, 5.41) is 11.3. The molecule has 0 saturated carbocycles. The maximum Gasteiger partial charge on any atom is 0.184 e. The van der Waals surface area contributed by atoms with Crippen molar-refractivity contribution >= 4 is 0 Å². The molecule has 1 aromatic carbocycles. The third-order valence-corrected chi connectivity index (χ3v) is 3.37. The Morgan fingerprint density at radius 2 is 2.05 bits per heavy atom. The highest BCUT2D eigenvalue weighted by Gasteiger charge is 2.21. The molecule has 0 aliphatic carbocycles. The highest BCUT2D eigenvalue weighted by molar-refractivity contribution is 5.36. The van der Waals surface area contributed by atoms with Gasteiger partial charge in [0, 0.05) is 0 Å². The van der Waals surface area contributed by atoms with Gasteiger partial charge in [0.2, 0.25) is 0 Å². The van der Waals surface area contributed by atoms with Crippen molar-refractivity contribution < 1.29 is 8.78 Å². The molecule has 0 fully saturated rings. The lowest BCUT2D eigenvalue weighted by molar-refractivity contribution is 0.499. The third-order valence-electron chi connectivity index (χ3n) is 3.37. The first-order valence-electron chi connectivity index (χ1n) is 6.70. The molecule has 108 valence electrons. The number of nitrogens with zero attached hydrogens (tertiary/aromatic N) is 3. The van der Waals surface area contributed by atoms with Crippen molar-refractivity contribution in [3.63, 3.8) is 0 Å². The molecule has 2 rings (SSSR count). The highest BCUT2D eigenvalue weighted by Crippen LogP contribution is 2.23. The predicted octanol–water partition coefficient (Wildman–Crippen LogP) is 2.78. The average molecular weight is 280 g/mol. The van der Waals surface area contributed by atoms with Crippen LogP contribution in [0.4, 0.5) is 8.78 Å². The van der Waals surface area contributed by atoms with Gasteiger partial charge in [-0.25, -0.2) is 13.5 Å². The van der Waals surface area contributed by atoms with Gasteiger partial charge in [0.25, 0.3) is 0 Å². The first-order valence-corrected chi connectivity index (χ1v) is 6.70. The molecule has 4 nitrogen and oxygen atoms in total. The summed E-state index contributed by atoms with van der Waals surface area (Å²) in [5.74, 6) is -1.79. The van der Waals surface area contributed by atoms with Crippen LogP contribution in [0.1, 0.15) is 37.7 Å². The van der Waals surface area contributed by atoms with Crippen molar-refractivity contribution in [1.29, 1.82) is 0 Å². The number of halogens is 2. The van der Waals surface area contributed by atoms with Gasteiger partial charge in [-0.3, -0.25) is 0 Å². The fourth-order valence-electron chi connectivity index (χ4n) is 2.30. The van der Waals surface area contributed by atoms with E-state index in [4.69, 9.17) is 0 Å². The lowest BCUT2D eigenvalue weighted by atomic mass is 10.1. The maximum absolute atomic E-state index is 13.9. The molecule has 6 heteroatoms. The second-order valence-corrected chi connectivity index (χ2v) is 4.51. The lowest BCUT2D eigenvalue weighted by Gasteiger charge is -2.13. The van der Waals surface area contributed by atoms with Gasteiger partial charge >= 0.3 is 0 Å². The molecule has 1 N–H and O–H groups in total. The summed E-state index contributed by atoms with van der Waals surface area (Å²) < 4.78 is 28.6. The van der Waals surface area contributed by atoms with Crippen LogP contribution in [0.2, 0.25) is 0 Å². The van der Waals surface area contributed by atoms with E-state index in [0.717, 1.165) is 23.9 Å². The minimum atomic E-state index is -0.906. The smallest absolute Gasteiger partial charge is 0.184 e. The SMILES string of the molecule is CCc1c(C(CC)NC)nnn1-c1cccc(F)c1F. The van der Waals surface area contributed by atoms with E-state index in [9.17, 15) is 8.78 Å². The number of hydrogen-bond donors (Lipinski definition) is 1. The number of aromatic nitrogens is 3. The Bertz CT molecular complexity index is 591. The van der Waals surface area contributed by atoms with Crippen LogP contribution in [-0.4, -0.2) is 22.0 Å². The zero-order chi connectivity index (χ0) is 14.7. The minimum absolute atomic E-state index is 0.0512. The van der Waals surface area contributed by atoms with E-state index >= 15 is 0 Å². The molecule has 0 saturated heterocycles. The Morgan fingerprint density at radius 3 is 2.65 bits per heavy atom. The quantitative estimate of drug-likeness (QED) is 0.915. The fraction of sp³-hybridized carbons (Fsp3) is 0.429. The molecule has 0 radical (unpaired) electrons. The lowest BCUT2D eigenvalue weighted by Crippen LogP contribution is -2.17. The van der Waals surface area contributed by atoms with Crippen LogP contribution in [0.25, 0.3) is 5.69 Å². The highest BCUT2D eigenvalue weighted by atomic mass is 19.2. The molecule has 0 spiro atoms. The summed E-state index contributed by atoms with van der Waals surface area (Å²) in [6.07, 6.45) is 1.48. The molecular weight excluding hydrogens is 262 g/mol. The monoisotopic (exact) mass is 280 g/mol. The van der Waals surface area contributed by atoms with Gasteiger partial charge in [0.05, 0.1) is 11.7 Å². The first kappa shape index (κ1) is 14.6. The summed E-state index contributed by atoms with van der Waals surface area (Å²) in [7, 11) is 1.84. The average Bonchev–Trinajstić information content (AvgIpc) is 2.87. The van der Waals surface area contributed by atoms with Crippen LogP contribution < -0.4 is 5.32 Å². The number of benzene rings is 1. The van der Waals surface area contributed by atoms with E-state index in [1.165, 1.54) is 16.8 Å². The van der Waals surface area contributed by atoms with Crippen molar-refractivity contribution in [2.45, 2.75) is 32.7 Å². The topological polar surface area (TPSA) is 42.7 Å². The third kappa shape index (κ3) is 2.43. The van der Waals surface area contributed by atoms with Crippen LogP contribution in [0, 0.1) is 11.6 Å². The Hall–Kier alpha value is -1.82. The van der Waals surface area contributed by atoms with E-state index < -0.39 is 11.6 Å². The number of nitrogens with one attached hydrogen (secondary N) is 1. The molecule has 1 atom stereocenters. The zero-order valence-corrected chi connectivity index (χ0v) is 11.8. The van der Waals surface area contributed by atoms with Crippen LogP contribution in [0.3, 0.4) is 0 Å². The van der Waals surface area contributed by atoms with Crippen molar-refractivity contribution in [3.8, 4) is 5.69 Å². The van der Waals surface area contributed by atoms with Crippen LogP contribution in [-0.2, 0) is 6.42 Å². The summed E-state index contributed by atoms with van der Waals surface area (Å²) in [6.45, 7) is 3.97. The van der Waals surface area contributed by atoms with E-state index in [0.29, 0.717) is 6.42 Å². The van der Waals surface area contributed by atoms with Crippen LogP contribution >= 0.6 is 0 Å². The van der Waals surface area contributed by atoms with Crippen LogP contribution in [0.15, 0.2) is 18.2 Å². The van der Waals surface area contributed by atoms with Gasteiger partial charge in [-0.2, -0.15) is 0 Å². The van der Waals surface area contributed by atoms with Gasteiger partial charge in [-0.15, -0.1) is 5.10 Å². The molecule has 0 amide bonds. The van der Waals surface area contributed by atoms with Gasteiger partial charge in [-0.05, 0) is 32.0 Å². The van der Waals surface area contributed by atoms with Crippen molar-refractivity contribution in [2.24, 2.45) is 0 Å². The standard InChI is InChI=1S/C14H18F2N4/c1-4-10(17-3)14-11(5-2)20(19-18-14)12-8-6-7-9(15)13(12)16/h6-8,10,17H,4-5H2,1-3H3. The number of hydrogen-bond acceptors (Lipinski definition) is 3. The normalized spacial score (nSPS) is 12.7. The summed E-state index contributed by atoms with van der Waals surface area (Å²) in [4.78, 5) is 0. The maximum atomic E-state index is 13.9. The van der Waals surface area contributed by atoms with Gasteiger partial charge in [0.1, 0.15) is 11.4 Å².